The number of hydrogen-bond acceptors (Lipinski definition) is 24. The van der Waals surface area contributed by atoms with E-state index in [0.29, 0.717) is 38.0 Å². The summed E-state index contributed by atoms with van der Waals surface area (Å²) in [4.78, 5) is 66.6. The highest BCUT2D eigenvalue weighted by Gasteiger charge is 2.60. The Morgan fingerprint density at radius 3 is 0.992 bits per heavy atom. The molecular formula is C94H177O25P. The smallest absolute Gasteiger partial charge is 0.463 e. The van der Waals surface area contributed by atoms with Crippen molar-refractivity contribution < 1.29 is 122 Å². The summed E-state index contributed by atoms with van der Waals surface area (Å²) in [7, 11) is -5.81. The predicted molar refractivity (Wildman–Crippen MR) is 467 cm³/mol. The lowest BCUT2D eigenvalue weighted by Gasteiger charge is -2.50. The lowest BCUT2D eigenvalue weighted by atomic mass is 9.84. The van der Waals surface area contributed by atoms with Crippen molar-refractivity contribution in [1.29, 1.82) is 0 Å². The summed E-state index contributed by atoms with van der Waals surface area (Å²) < 4.78 is 73.6. The fourth-order valence-corrected chi connectivity index (χ4v) is 17.6. The van der Waals surface area contributed by atoms with Gasteiger partial charge in [-0.3, -0.25) is 28.2 Å². The van der Waals surface area contributed by atoms with E-state index in [1.807, 2.05) is 0 Å². The van der Waals surface area contributed by atoms with Crippen LogP contribution in [0.15, 0.2) is 0 Å². The summed E-state index contributed by atoms with van der Waals surface area (Å²) in [5, 5.41) is 103. The van der Waals surface area contributed by atoms with Crippen molar-refractivity contribution in [3.05, 3.63) is 0 Å². The maximum absolute atomic E-state index is 14.9. The summed E-state index contributed by atoms with van der Waals surface area (Å²) >= 11 is 0. The van der Waals surface area contributed by atoms with Gasteiger partial charge in [0.25, 0.3) is 0 Å². The van der Waals surface area contributed by atoms with Gasteiger partial charge in [0, 0.05) is 25.7 Å². The van der Waals surface area contributed by atoms with Gasteiger partial charge in [-0.05, 0) is 31.6 Å². The van der Waals surface area contributed by atoms with Crippen LogP contribution in [0.5, 0.6) is 0 Å². The molecule has 3 fully saturated rings. The van der Waals surface area contributed by atoms with Gasteiger partial charge in [0.15, 0.2) is 24.8 Å². The van der Waals surface area contributed by atoms with Gasteiger partial charge < -0.3 is 88.7 Å². The molecule has 2 aliphatic heterocycles. The molecule has 19 unspecified atom stereocenters. The van der Waals surface area contributed by atoms with Gasteiger partial charge in [-0.2, -0.15) is 0 Å². The van der Waals surface area contributed by atoms with Crippen molar-refractivity contribution in [2.24, 2.45) is 5.92 Å². The monoisotopic (exact) mass is 1740 g/mol. The molecule has 3 rings (SSSR count). The second kappa shape index (κ2) is 72.4. The van der Waals surface area contributed by atoms with E-state index in [1.54, 1.807) is 0 Å². The number of esters is 4. The largest absolute Gasteiger partial charge is 0.472 e. The molecule has 25 nitrogen and oxygen atoms in total. The van der Waals surface area contributed by atoms with Gasteiger partial charge in [-0.15, -0.1) is 0 Å². The van der Waals surface area contributed by atoms with Crippen LogP contribution in [0.25, 0.3) is 0 Å². The SMILES string of the molecule is CCCCCCCCCCCCCCCCCCC(=O)OCC1OC(OC2C(OC(=O)CCCCCCCCCCCCCCCCCC)C(O)C(O)C(OC3OC(CO)C(O)C(O)C3O)C2OP(=O)(O)OCC(COC(=O)CCCCCCCCCCCCCCC)OC(=O)CCCCCCCCC(C)CCCCCCCC)C(O)C(O)C1O. The van der Waals surface area contributed by atoms with E-state index in [-0.39, 0.29) is 25.7 Å². The minimum absolute atomic E-state index is 0.0201. The summed E-state index contributed by atoms with van der Waals surface area (Å²) in [5.41, 5.74) is 0. The number of unbranched alkanes of at least 4 members (excludes halogenated alkanes) is 52. The van der Waals surface area contributed by atoms with Crippen LogP contribution in [0.4, 0.5) is 0 Å². The molecule has 19 atom stereocenters. The van der Waals surface area contributed by atoms with E-state index in [2.05, 4.69) is 34.6 Å². The van der Waals surface area contributed by atoms with Crippen molar-refractivity contribution in [3.8, 4) is 0 Å². The summed E-state index contributed by atoms with van der Waals surface area (Å²) in [6, 6.07) is 0. The zero-order valence-electron chi connectivity index (χ0n) is 75.8. The molecule has 10 N–H and O–H groups in total. The van der Waals surface area contributed by atoms with Gasteiger partial charge in [0.05, 0.1) is 13.2 Å². The molecule has 708 valence electrons. The molecule has 1 saturated carbocycles. The Balaban J connectivity index is 1.91. The average molecular weight is 1740 g/mol. The van der Waals surface area contributed by atoms with Crippen molar-refractivity contribution in [1.82, 2.24) is 0 Å². The molecule has 0 aromatic carbocycles. The van der Waals surface area contributed by atoms with Crippen LogP contribution in [0.3, 0.4) is 0 Å². The van der Waals surface area contributed by atoms with Gasteiger partial charge in [0.1, 0.15) is 92.6 Å². The number of aliphatic hydroxyl groups is 9. The van der Waals surface area contributed by atoms with Crippen LogP contribution < -0.4 is 0 Å². The molecule has 0 aromatic heterocycles. The molecule has 0 radical (unpaired) electrons. The first kappa shape index (κ1) is 112. The summed E-state index contributed by atoms with van der Waals surface area (Å²) in [5.74, 6) is -2.27. The fourth-order valence-electron chi connectivity index (χ4n) is 16.6. The average Bonchev–Trinajstić information content (AvgIpc) is 0.754. The van der Waals surface area contributed by atoms with Crippen molar-refractivity contribution >= 4 is 31.7 Å². The molecular weight excluding hydrogens is 1560 g/mol. The van der Waals surface area contributed by atoms with Crippen LogP contribution in [-0.4, -0.2) is 205 Å². The third-order valence-corrected chi connectivity index (χ3v) is 25.5. The van der Waals surface area contributed by atoms with Crippen LogP contribution in [-0.2, 0) is 70.7 Å². The fraction of sp³-hybridized carbons (Fsp3) is 0.957. The minimum atomic E-state index is -5.81. The van der Waals surface area contributed by atoms with Crippen molar-refractivity contribution in [3.63, 3.8) is 0 Å². The zero-order valence-corrected chi connectivity index (χ0v) is 76.7. The van der Waals surface area contributed by atoms with E-state index in [1.165, 1.54) is 218 Å². The molecule has 26 heteroatoms. The maximum Gasteiger partial charge on any atom is 0.472 e. The molecule has 2 saturated heterocycles. The Morgan fingerprint density at radius 1 is 0.325 bits per heavy atom. The number of carbonyl (C=O) groups is 4. The zero-order chi connectivity index (χ0) is 87.6. The van der Waals surface area contributed by atoms with Crippen molar-refractivity contribution in [2.75, 3.05) is 26.4 Å². The summed E-state index contributed by atoms with van der Waals surface area (Å²) in [6.07, 6.45) is 29.3. The molecule has 1 aliphatic carbocycles. The molecule has 0 amide bonds. The molecule has 0 bridgehead atoms. The summed E-state index contributed by atoms with van der Waals surface area (Å²) in [6.45, 7) is 7.98. The lowest BCUT2D eigenvalue weighted by Crippen LogP contribution is -2.70. The first-order chi connectivity index (χ1) is 58.1. The Morgan fingerprint density at radius 2 is 0.625 bits per heavy atom. The van der Waals surface area contributed by atoms with Crippen LogP contribution in [0, 0.1) is 5.92 Å². The number of aliphatic hydroxyl groups excluding tert-OH is 9. The Kier molecular flexibility index (Phi) is 67.3. The van der Waals surface area contributed by atoms with Gasteiger partial charge >= 0.3 is 31.7 Å². The second-order valence-corrected chi connectivity index (χ2v) is 37.0. The van der Waals surface area contributed by atoms with Crippen molar-refractivity contribution in [2.45, 2.75) is 543 Å². The number of phosphoric ester groups is 1. The highest BCUT2D eigenvalue weighted by molar-refractivity contribution is 7.47. The maximum atomic E-state index is 14.9. The van der Waals surface area contributed by atoms with Gasteiger partial charge in [0.2, 0.25) is 0 Å². The number of carbonyl (C=O) groups excluding carboxylic acids is 4. The van der Waals surface area contributed by atoms with Gasteiger partial charge in [-0.1, -0.05) is 388 Å². The third kappa shape index (κ3) is 52.1. The minimum Gasteiger partial charge on any atom is -0.463 e. The number of rotatable bonds is 80. The standard InChI is InChI=1S/C94H177O25P/c1-6-10-14-18-22-25-28-31-33-35-38-41-44-47-54-60-66-78(97)111-72-76-82(101)84(103)88(107)94(115-76)118-91-89(116-80(99)68-62-55-48-45-42-39-36-34-32-29-26-23-19-15-11-7-2)85(104)86(105)90(117-93-87(106)83(102)81(100)75(69-95)114-93)92(91)119-120(108,109)112-71-74(70-110-77(96)65-59-53-46-43-40-37-30-27-24-20-16-12-8-3)113-79(98)67-61-56-50-49-52-58-64-73(5)63-57-51-21-17-13-9-4/h73-76,81-95,100-107H,6-72H2,1-5H3,(H,108,109). The number of phosphoric acid groups is 1. The first-order valence-corrected chi connectivity index (χ1v) is 50.7. The molecule has 0 spiro atoms. The number of ether oxygens (including phenoxy) is 8. The Labute approximate surface area is 725 Å². The van der Waals surface area contributed by atoms with Gasteiger partial charge in [-0.25, -0.2) is 4.57 Å². The lowest BCUT2D eigenvalue weighted by molar-refractivity contribution is -0.360. The molecule has 120 heavy (non-hydrogen) atoms. The molecule has 2 heterocycles. The third-order valence-electron chi connectivity index (χ3n) is 24.5. The van der Waals surface area contributed by atoms with Crippen LogP contribution in [0.1, 0.15) is 439 Å². The Bertz CT molecular complexity index is 2500. The van der Waals surface area contributed by atoms with E-state index in [4.69, 9.17) is 46.9 Å². The van der Waals surface area contributed by atoms with Crippen LogP contribution >= 0.6 is 7.82 Å². The quantitative estimate of drug-likeness (QED) is 0.0117. The number of hydrogen-bond donors (Lipinski definition) is 10. The molecule has 0 aromatic rings. The normalized spacial score (nSPS) is 24.9. The second-order valence-electron chi connectivity index (χ2n) is 35.6. The predicted octanol–water partition coefficient (Wildman–Crippen LogP) is 18.8. The Hall–Kier alpha value is -2.53. The van der Waals surface area contributed by atoms with Crippen LogP contribution in [0.2, 0.25) is 0 Å². The highest BCUT2D eigenvalue weighted by atomic mass is 31.2. The first-order valence-electron chi connectivity index (χ1n) is 49.2. The highest BCUT2D eigenvalue weighted by Crippen LogP contribution is 2.49. The molecule has 3 aliphatic rings. The van der Waals surface area contributed by atoms with E-state index >= 15 is 0 Å². The van der Waals surface area contributed by atoms with E-state index in [0.717, 1.165) is 128 Å². The van der Waals surface area contributed by atoms with E-state index < -0.39 is 162 Å². The van der Waals surface area contributed by atoms with E-state index in [9.17, 15) is 74.6 Å². The topological polar surface area (TPSA) is 380 Å².